The number of benzene rings is 1. The van der Waals surface area contributed by atoms with Gasteiger partial charge in [0.1, 0.15) is 0 Å². The minimum absolute atomic E-state index is 0.473. The highest BCUT2D eigenvalue weighted by Crippen LogP contribution is 2.35. The van der Waals surface area contributed by atoms with Crippen LogP contribution < -0.4 is 10.6 Å². The first-order valence-electron chi connectivity index (χ1n) is 7.18. The summed E-state index contributed by atoms with van der Waals surface area (Å²) in [6.45, 7) is 2.13. The molecule has 0 bridgehead atoms. The van der Waals surface area contributed by atoms with Crippen molar-refractivity contribution < 1.29 is 4.74 Å². The second kappa shape index (κ2) is 5.77. The first-order valence-corrected chi connectivity index (χ1v) is 7.18. The van der Waals surface area contributed by atoms with E-state index in [9.17, 15) is 0 Å². The van der Waals surface area contributed by atoms with E-state index < -0.39 is 0 Å². The van der Waals surface area contributed by atoms with E-state index in [0.717, 1.165) is 24.4 Å². The molecule has 3 rings (SSSR count). The number of nitrogens with zero attached hydrogens (tertiary/aromatic N) is 2. The highest BCUT2D eigenvalue weighted by molar-refractivity contribution is 5.92. The Morgan fingerprint density at radius 2 is 2.15 bits per heavy atom. The molecule has 106 valence electrons. The van der Waals surface area contributed by atoms with Crippen LogP contribution in [-0.2, 0) is 11.3 Å². The summed E-state index contributed by atoms with van der Waals surface area (Å²) < 4.78 is 5.26. The van der Waals surface area contributed by atoms with Gasteiger partial charge in [0, 0.05) is 37.3 Å². The standard InChI is InChI=1S/C16H21N3O/c1-20-9-8-19(13-6-7-13)16-10-12(11-17)18-15-5-3-2-4-14(15)16/h2-5,10,13H,6-9,11,17H2,1H3. The molecule has 0 radical (unpaired) electrons. The van der Waals surface area contributed by atoms with Gasteiger partial charge in [0.25, 0.3) is 0 Å². The molecule has 0 aliphatic heterocycles. The topological polar surface area (TPSA) is 51.4 Å². The van der Waals surface area contributed by atoms with Crippen LogP contribution >= 0.6 is 0 Å². The molecule has 1 aliphatic carbocycles. The maximum atomic E-state index is 5.80. The third-order valence-corrected chi connectivity index (χ3v) is 3.79. The number of ether oxygens (including phenoxy) is 1. The van der Waals surface area contributed by atoms with Crippen molar-refractivity contribution in [2.45, 2.75) is 25.4 Å². The Morgan fingerprint density at radius 3 is 2.85 bits per heavy atom. The summed E-state index contributed by atoms with van der Waals surface area (Å²) in [6, 6.07) is 11.1. The Balaban J connectivity index is 2.06. The lowest BCUT2D eigenvalue weighted by Crippen LogP contribution is -2.29. The van der Waals surface area contributed by atoms with E-state index in [4.69, 9.17) is 10.5 Å². The predicted molar refractivity (Wildman–Crippen MR) is 81.9 cm³/mol. The van der Waals surface area contributed by atoms with Gasteiger partial charge in [-0.15, -0.1) is 0 Å². The summed E-state index contributed by atoms with van der Waals surface area (Å²) in [6.07, 6.45) is 2.52. The highest BCUT2D eigenvalue weighted by Gasteiger charge is 2.30. The number of fused-ring (bicyclic) bond motifs is 1. The molecule has 1 aromatic carbocycles. The molecule has 1 saturated carbocycles. The first-order chi connectivity index (χ1) is 9.83. The van der Waals surface area contributed by atoms with Gasteiger partial charge in [-0.2, -0.15) is 0 Å². The van der Waals surface area contributed by atoms with Crippen LogP contribution in [-0.4, -0.2) is 31.3 Å². The monoisotopic (exact) mass is 271 g/mol. The second-order valence-corrected chi connectivity index (χ2v) is 5.27. The van der Waals surface area contributed by atoms with E-state index in [2.05, 4.69) is 34.1 Å². The molecule has 0 amide bonds. The number of hydrogen-bond donors (Lipinski definition) is 1. The lowest BCUT2D eigenvalue weighted by atomic mass is 10.1. The number of rotatable bonds is 6. The van der Waals surface area contributed by atoms with Crippen LogP contribution in [0.25, 0.3) is 10.9 Å². The van der Waals surface area contributed by atoms with Gasteiger partial charge >= 0.3 is 0 Å². The average molecular weight is 271 g/mol. The van der Waals surface area contributed by atoms with E-state index >= 15 is 0 Å². The molecule has 4 nitrogen and oxygen atoms in total. The van der Waals surface area contributed by atoms with E-state index in [1.807, 2.05) is 6.07 Å². The zero-order valence-corrected chi connectivity index (χ0v) is 11.9. The summed E-state index contributed by atoms with van der Waals surface area (Å²) in [4.78, 5) is 7.06. The zero-order chi connectivity index (χ0) is 13.9. The third-order valence-electron chi connectivity index (χ3n) is 3.79. The molecule has 1 aromatic heterocycles. The van der Waals surface area contributed by atoms with E-state index in [0.29, 0.717) is 12.6 Å². The molecule has 1 heterocycles. The summed E-state index contributed by atoms with van der Waals surface area (Å²) >= 11 is 0. The fraction of sp³-hybridized carbons (Fsp3) is 0.438. The van der Waals surface area contributed by atoms with Crippen LogP contribution in [0.15, 0.2) is 30.3 Å². The van der Waals surface area contributed by atoms with Crippen LogP contribution in [0.3, 0.4) is 0 Å². The normalized spacial score (nSPS) is 14.7. The summed E-state index contributed by atoms with van der Waals surface area (Å²) in [5, 5.41) is 1.20. The number of anilines is 1. The number of pyridine rings is 1. The average Bonchev–Trinajstić information content (AvgIpc) is 3.32. The van der Waals surface area contributed by atoms with Crippen LogP contribution in [0.5, 0.6) is 0 Å². The Hall–Kier alpha value is -1.65. The highest BCUT2D eigenvalue weighted by atomic mass is 16.5. The molecule has 20 heavy (non-hydrogen) atoms. The Labute approximate surface area is 119 Å². The molecule has 1 fully saturated rings. The Bertz CT molecular complexity index is 595. The first kappa shape index (κ1) is 13.3. The molecular weight excluding hydrogens is 250 g/mol. The smallest absolute Gasteiger partial charge is 0.0726 e. The maximum absolute atomic E-state index is 5.80. The molecule has 1 aliphatic rings. The van der Waals surface area contributed by atoms with Gasteiger partial charge in [-0.3, -0.25) is 4.98 Å². The van der Waals surface area contributed by atoms with Crippen LogP contribution in [0.4, 0.5) is 5.69 Å². The van der Waals surface area contributed by atoms with Gasteiger partial charge in [-0.1, -0.05) is 18.2 Å². The Morgan fingerprint density at radius 1 is 1.35 bits per heavy atom. The van der Waals surface area contributed by atoms with Crippen molar-refractivity contribution in [3.63, 3.8) is 0 Å². The minimum Gasteiger partial charge on any atom is -0.383 e. The molecule has 2 aromatic rings. The molecule has 0 atom stereocenters. The van der Waals surface area contributed by atoms with Gasteiger partial charge in [-0.25, -0.2) is 0 Å². The van der Waals surface area contributed by atoms with Gasteiger partial charge < -0.3 is 15.4 Å². The van der Waals surface area contributed by atoms with Crippen LogP contribution in [0.2, 0.25) is 0 Å². The van der Waals surface area contributed by atoms with Gasteiger partial charge in [0.15, 0.2) is 0 Å². The van der Waals surface area contributed by atoms with Crippen molar-refractivity contribution in [3.05, 3.63) is 36.0 Å². The van der Waals surface area contributed by atoms with E-state index in [1.54, 1.807) is 7.11 Å². The largest absolute Gasteiger partial charge is 0.383 e. The van der Waals surface area contributed by atoms with Gasteiger partial charge in [0.2, 0.25) is 0 Å². The summed E-state index contributed by atoms with van der Waals surface area (Å²) in [5.74, 6) is 0. The fourth-order valence-corrected chi connectivity index (χ4v) is 2.63. The predicted octanol–water partition coefficient (Wildman–Crippen LogP) is 2.31. The summed E-state index contributed by atoms with van der Waals surface area (Å²) in [7, 11) is 1.75. The lowest BCUT2D eigenvalue weighted by molar-refractivity contribution is 0.205. The SMILES string of the molecule is COCCN(c1cc(CN)nc2ccccc12)C1CC1. The molecule has 2 N–H and O–H groups in total. The molecule has 0 unspecified atom stereocenters. The molecule has 0 saturated heterocycles. The number of aromatic nitrogens is 1. The van der Waals surface area contributed by atoms with Gasteiger partial charge in [-0.05, 0) is 25.0 Å². The maximum Gasteiger partial charge on any atom is 0.0726 e. The molecule has 4 heteroatoms. The number of nitrogens with two attached hydrogens (primary N) is 1. The minimum atomic E-state index is 0.473. The van der Waals surface area contributed by atoms with Gasteiger partial charge in [0.05, 0.1) is 17.8 Å². The van der Waals surface area contributed by atoms with Crippen molar-refractivity contribution in [1.29, 1.82) is 0 Å². The number of methoxy groups -OCH3 is 1. The van der Waals surface area contributed by atoms with Crippen molar-refractivity contribution in [1.82, 2.24) is 4.98 Å². The van der Waals surface area contributed by atoms with Crippen LogP contribution in [0.1, 0.15) is 18.5 Å². The molecule has 0 spiro atoms. The summed E-state index contributed by atoms with van der Waals surface area (Å²) in [5.41, 5.74) is 9.01. The lowest BCUT2D eigenvalue weighted by Gasteiger charge is -2.26. The second-order valence-electron chi connectivity index (χ2n) is 5.27. The van der Waals surface area contributed by atoms with Crippen LogP contribution in [0, 0.1) is 0 Å². The number of para-hydroxylation sites is 1. The fourth-order valence-electron chi connectivity index (χ4n) is 2.63. The van der Waals surface area contributed by atoms with E-state index in [-0.39, 0.29) is 0 Å². The van der Waals surface area contributed by atoms with Crippen molar-refractivity contribution >= 4 is 16.6 Å². The van der Waals surface area contributed by atoms with E-state index in [1.165, 1.54) is 23.9 Å². The molecular formula is C16H21N3O. The quantitative estimate of drug-likeness (QED) is 0.876. The zero-order valence-electron chi connectivity index (χ0n) is 11.9. The van der Waals surface area contributed by atoms with Crippen molar-refractivity contribution in [3.8, 4) is 0 Å². The van der Waals surface area contributed by atoms with Crippen molar-refractivity contribution in [2.75, 3.05) is 25.2 Å². The Kier molecular flexibility index (Phi) is 3.85. The number of hydrogen-bond acceptors (Lipinski definition) is 4. The van der Waals surface area contributed by atoms with Crippen molar-refractivity contribution in [2.24, 2.45) is 5.73 Å². The third kappa shape index (κ3) is 2.62.